The maximum atomic E-state index is 11.4. The summed E-state index contributed by atoms with van der Waals surface area (Å²) in [6.45, 7) is 2.76. The van der Waals surface area contributed by atoms with Crippen LogP contribution in [0.1, 0.15) is 13.3 Å². The van der Waals surface area contributed by atoms with Crippen LogP contribution in [-0.4, -0.2) is 27.4 Å². The fraction of sp³-hybridized carbons (Fsp3) is 0.500. The first-order valence-electron chi connectivity index (χ1n) is 3.90. The molecule has 1 heterocycles. The highest BCUT2D eigenvalue weighted by Crippen LogP contribution is 2.17. The first-order chi connectivity index (χ1) is 5.75. The van der Waals surface area contributed by atoms with Gasteiger partial charge in [0.1, 0.15) is 4.32 Å². The van der Waals surface area contributed by atoms with Gasteiger partial charge in [-0.25, -0.2) is 0 Å². The van der Waals surface area contributed by atoms with Crippen molar-refractivity contribution in [2.45, 2.75) is 13.3 Å². The molecule has 1 aliphatic heterocycles. The number of carbonyl (C=O) groups excluding carboxylic acids is 1. The van der Waals surface area contributed by atoms with Gasteiger partial charge in [-0.2, -0.15) is 0 Å². The average Bonchev–Trinajstić information content (AvgIpc) is 2.47. The summed E-state index contributed by atoms with van der Waals surface area (Å²) in [5.41, 5.74) is 0. The summed E-state index contributed by atoms with van der Waals surface area (Å²) in [5, 5.41) is 0. The van der Waals surface area contributed by atoms with Crippen LogP contribution in [0.25, 0.3) is 0 Å². The smallest absolute Gasteiger partial charge is 0.251 e. The Balaban J connectivity index is 2.52. The first-order valence-corrected chi connectivity index (χ1v) is 5.30. The van der Waals surface area contributed by atoms with Gasteiger partial charge in [0, 0.05) is 12.3 Å². The molecule has 1 aliphatic rings. The predicted octanol–water partition coefficient (Wildman–Crippen LogP) is 1.81. The topological polar surface area (TPSA) is 20.3 Å². The number of thioether (sulfide) groups is 1. The van der Waals surface area contributed by atoms with E-state index in [9.17, 15) is 4.79 Å². The summed E-state index contributed by atoms with van der Waals surface area (Å²) in [7, 11) is 0. The van der Waals surface area contributed by atoms with E-state index in [0.717, 1.165) is 18.7 Å². The van der Waals surface area contributed by atoms with Gasteiger partial charge in [-0.05, 0) is 12.5 Å². The Bertz CT molecular complexity index is 225. The van der Waals surface area contributed by atoms with Crippen LogP contribution in [0, 0.1) is 0 Å². The second kappa shape index (κ2) is 4.62. The quantitative estimate of drug-likeness (QED) is 0.502. The van der Waals surface area contributed by atoms with Crippen molar-refractivity contribution in [3.63, 3.8) is 0 Å². The molecular weight excluding hydrogens is 190 g/mol. The largest absolute Gasteiger partial charge is 0.293 e. The fourth-order valence-electron chi connectivity index (χ4n) is 0.902. The lowest BCUT2D eigenvalue weighted by Gasteiger charge is -2.10. The van der Waals surface area contributed by atoms with E-state index in [-0.39, 0.29) is 5.91 Å². The summed E-state index contributed by atoms with van der Waals surface area (Å²) in [4.78, 5) is 13.0. The molecule has 0 saturated carbocycles. The lowest BCUT2D eigenvalue weighted by molar-refractivity contribution is -0.121. The van der Waals surface area contributed by atoms with Crippen LogP contribution in [0.2, 0.25) is 0 Å². The molecule has 0 N–H and O–H groups in total. The lowest BCUT2D eigenvalue weighted by atomic mass is 10.4. The lowest BCUT2D eigenvalue weighted by Crippen LogP contribution is -2.28. The second-order valence-corrected chi connectivity index (χ2v) is 4.14. The minimum Gasteiger partial charge on any atom is -0.293 e. The van der Waals surface area contributed by atoms with E-state index in [4.69, 9.17) is 12.2 Å². The average molecular weight is 201 g/mol. The molecule has 0 atom stereocenters. The van der Waals surface area contributed by atoms with Gasteiger partial charge in [0.25, 0.3) is 5.91 Å². The van der Waals surface area contributed by atoms with Crippen molar-refractivity contribution in [3.8, 4) is 0 Å². The van der Waals surface area contributed by atoms with Gasteiger partial charge in [0.15, 0.2) is 0 Å². The predicted molar refractivity (Wildman–Crippen MR) is 56.2 cm³/mol. The van der Waals surface area contributed by atoms with Crippen molar-refractivity contribution in [1.29, 1.82) is 0 Å². The van der Waals surface area contributed by atoms with E-state index in [0.29, 0.717) is 4.32 Å². The van der Waals surface area contributed by atoms with Crippen molar-refractivity contribution in [3.05, 3.63) is 12.2 Å². The molecular formula is C8H11NOS2. The van der Waals surface area contributed by atoms with Crippen molar-refractivity contribution < 1.29 is 4.79 Å². The van der Waals surface area contributed by atoms with Crippen LogP contribution in [0.5, 0.6) is 0 Å². The zero-order chi connectivity index (χ0) is 8.97. The van der Waals surface area contributed by atoms with Gasteiger partial charge >= 0.3 is 0 Å². The fourth-order valence-corrected chi connectivity index (χ4v) is 2.12. The highest BCUT2D eigenvalue weighted by atomic mass is 32.2. The van der Waals surface area contributed by atoms with Gasteiger partial charge in [0.2, 0.25) is 0 Å². The van der Waals surface area contributed by atoms with Crippen molar-refractivity contribution in [2.75, 3.05) is 12.3 Å². The summed E-state index contributed by atoms with van der Waals surface area (Å²) in [6, 6.07) is 0. The third-order valence-electron chi connectivity index (χ3n) is 1.52. The third-order valence-corrected chi connectivity index (χ3v) is 2.95. The molecule has 0 aliphatic carbocycles. The molecule has 66 valence electrons. The minimum atomic E-state index is 0.0202. The molecule has 1 amide bonds. The minimum absolute atomic E-state index is 0.0202. The van der Waals surface area contributed by atoms with Crippen molar-refractivity contribution in [1.82, 2.24) is 4.90 Å². The Morgan fingerprint density at radius 1 is 1.83 bits per heavy atom. The Kier molecular flexibility index (Phi) is 3.75. The number of rotatable bonds is 2. The van der Waals surface area contributed by atoms with Crippen LogP contribution in [0.15, 0.2) is 12.2 Å². The number of hydrogen-bond acceptors (Lipinski definition) is 3. The van der Waals surface area contributed by atoms with Gasteiger partial charge in [0.05, 0.1) is 0 Å². The van der Waals surface area contributed by atoms with Crippen LogP contribution in [0.3, 0.4) is 0 Å². The number of hydrogen-bond donors (Lipinski definition) is 0. The molecule has 4 heteroatoms. The standard InChI is InChI=1S/C8H11NOS2/c1-2-3-4-7(10)9-5-6-12-8(9)11/h3-4H,2,5-6H2,1H3/b4-3+. The molecule has 1 saturated heterocycles. The van der Waals surface area contributed by atoms with E-state index < -0.39 is 0 Å². The second-order valence-electron chi connectivity index (χ2n) is 2.41. The molecule has 0 unspecified atom stereocenters. The van der Waals surface area contributed by atoms with E-state index in [1.54, 1.807) is 22.7 Å². The SMILES string of the molecule is CC/C=C/C(=O)N1CCSC1=S. The molecule has 1 fully saturated rings. The van der Waals surface area contributed by atoms with E-state index in [1.807, 2.05) is 13.0 Å². The molecule has 0 bridgehead atoms. The van der Waals surface area contributed by atoms with E-state index in [1.165, 1.54) is 0 Å². The maximum Gasteiger partial charge on any atom is 0.251 e. The number of allylic oxidation sites excluding steroid dienone is 1. The molecule has 2 nitrogen and oxygen atoms in total. The van der Waals surface area contributed by atoms with Crippen LogP contribution in [0.4, 0.5) is 0 Å². The normalized spacial score (nSPS) is 17.8. The molecule has 1 rings (SSSR count). The Morgan fingerprint density at radius 3 is 3.08 bits per heavy atom. The zero-order valence-corrected chi connectivity index (χ0v) is 8.58. The van der Waals surface area contributed by atoms with Gasteiger partial charge < -0.3 is 0 Å². The number of thiocarbonyl (C=S) groups is 1. The summed E-state index contributed by atoms with van der Waals surface area (Å²) < 4.78 is 0.709. The van der Waals surface area contributed by atoms with Crippen LogP contribution in [-0.2, 0) is 4.79 Å². The molecule has 0 aromatic rings. The summed E-state index contributed by atoms with van der Waals surface area (Å²) in [6.07, 6.45) is 4.34. The van der Waals surface area contributed by atoms with Gasteiger partial charge in [-0.15, -0.1) is 0 Å². The molecule has 0 radical (unpaired) electrons. The Labute approximate surface area is 82.0 Å². The third kappa shape index (κ3) is 2.32. The Hall–Kier alpha value is -0.350. The van der Waals surface area contributed by atoms with Crippen LogP contribution < -0.4 is 0 Å². The monoisotopic (exact) mass is 201 g/mol. The number of carbonyl (C=O) groups is 1. The molecule has 0 spiro atoms. The molecule has 0 aromatic heterocycles. The van der Waals surface area contributed by atoms with Gasteiger partial charge in [-0.1, -0.05) is 37.0 Å². The Morgan fingerprint density at radius 2 is 2.58 bits per heavy atom. The first kappa shape index (κ1) is 9.74. The van der Waals surface area contributed by atoms with Crippen molar-refractivity contribution >= 4 is 34.2 Å². The zero-order valence-electron chi connectivity index (χ0n) is 6.95. The maximum absolute atomic E-state index is 11.4. The number of amides is 1. The highest BCUT2D eigenvalue weighted by molar-refractivity contribution is 8.23. The summed E-state index contributed by atoms with van der Waals surface area (Å²) >= 11 is 6.57. The van der Waals surface area contributed by atoms with E-state index >= 15 is 0 Å². The number of nitrogens with zero attached hydrogens (tertiary/aromatic N) is 1. The highest BCUT2D eigenvalue weighted by Gasteiger charge is 2.21. The molecule has 0 aromatic carbocycles. The van der Waals surface area contributed by atoms with Crippen molar-refractivity contribution in [2.24, 2.45) is 0 Å². The molecule has 12 heavy (non-hydrogen) atoms. The summed E-state index contributed by atoms with van der Waals surface area (Å²) in [5.74, 6) is 0.955. The van der Waals surface area contributed by atoms with E-state index in [2.05, 4.69) is 0 Å². The van der Waals surface area contributed by atoms with Gasteiger partial charge in [-0.3, -0.25) is 9.69 Å². The van der Waals surface area contributed by atoms with Crippen LogP contribution >= 0.6 is 24.0 Å².